The lowest BCUT2D eigenvalue weighted by molar-refractivity contribution is 0.314. The van der Waals surface area contributed by atoms with Gasteiger partial charge in [-0.2, -0.15) is 0 Å². The van der Waals surface area contributed by atoms with E-state index in [1.54, 1.807) is 0 Å². The quantitative estimate of drug-likeness (QED) is 0.609. The van der Waals surface area contributed by atoms with E-state index in [-0.39, 0.29) is 17.3 Å². The Morgan fingerprint density at radius 2 is 1.94 bits per heavy atom. The van der Waals surface area contributed by atoms with Crippen LogP contribution >= 0.6 is 0 Å². The fraction of sp³-hybridized carbons (Fsp3) is 0.571. The number of nitrogens with two attached hydrogens (primary N) is 1. The first-order chi connectivity index (χ1) is 8.04. The Balaban J connectivity index is 2.16. The molecule has 1 unspecified atom stereocenters. The van der Waals surface area contributed by atoms with Crippen LogP contribution in [0.5, 0.6) is 0 Å². The zero-order chi connectivity index (χ0) is 12.5. The number of rotatable bonds is 5. The summed E-state index contributed by atoms with van der Waals surface area (Å²) in [5.41, 5.74) is 3.98. The van der Waals surface area contributed by atoms with Gasteiger partial charge in [0.1, 0.15) is 5.82 Å². The minimum atomic E-state index is -0.191. The summed E-state index contributed by atoms with van der Waals surface area (Å²) in [6.45, 7) is 4.32. The van der Waals surface area contributed by atoms with Crippen LogP contribution in [0.25, 0.3) is 0 Å². The van der Waals surface area contributed by atoms with Gasteiger partial charge in [-0.15, -0.1) is 0 Å². The number of hydrogen-bond donors (Lipinski definition) is 2. The molecule has 0 radical (unpaired) electrons. The molecule has 1 aliphatic carbocycles. The van der Waals surface area contributed by atoms with Crippen LogP contribution in [-0.2, 0) is 5.41 Å². The molecule has 0 bridgehead atoms. The van der Waals surface area contributed by atoms with Crippen LogP contribution in [0.2, 0.25) is 0 Å². The van der Waals surface area contributed by atoms with Crippen LogP contribution in [0.4, 0.5) is 4.39 Å². The normalized spacial score (nSPS) is 18.1. The first-order valence-electron chi connectivity index (χ1n) is 6.26. The van der Waals surface area contributed by atoms with Crippen molar-refractivity contribution < 1.29 is 4.39 Å². The summed E-state index contributed by atoms with van der Waals surface area (Å²) in [4.78, 5) is 0. The van der Waals surface area contributed by atoms with Crippen molar-refractivity contribution in [2.75, 3.05) is 0 Å². The molecule has 94 valence electrons. The van der Waals surface area contributed by atoms with E-state index in [0.29, 0.717) is 0 Å². The number of hydrazine groups is 1. The van der Waals surface area contributed by atoms with Crippen LogP contribution in [0.15, 0.2) is 24.3 Å². The molecule has 0 saturated heterocycles. The van der Waals surface area contributed by atoms with Gasteiger partial charge in [-0.25, -0.2) is 4.39 Å². The second-order valence-electron chi connectivity index (χ2n) is 5.63. The Morgan fingerprint density at radius 3 is 2.41 bits per heavy atom. The van der Waals surface area contributed by atoms with Crippen LogP contribution in [0.1, 0.15) is 38.7 Å². The Labute approximate surface area is 102 Å². The molecule has 0 spiro atoms. The minimum Gasteiger partial charge on any atom is -0.271 e. The number of hydrogen-bond acceptors (Lipinski definition) is 2. The highest BCUT2D eigenvalue weighted by Crippen LogP contribution is 2.38. The molecule has 17 heavy (non-hydrogen) atoms. The van der Waals surface area contributed by atoms with Crippen molar-refractivity contribution in [1.29, 1.82) is 0 Å². The Morgan fingerprint density at radius 1 is 1.35 bits per heavy atom. The highest BCUT2D eigenvalue weighted by atomic mass is 19.1. The molecule has 2 rings (SSSR count). The Hall–Kier alpha value is -0.930. The van der Waals surface area contributed by atoms with Crippen molar-refractivity contribution in [3.63, 3.8) is 0 Å². The van der Waals surface area contributed by atoms with Gasteiger partial charge >= 0.3 is 0 Å². The second-order valence-corrected chi connectivity index (χ2v) is 5.63. The summed E-state index contributed by atoms with van der Waals surface area (Å²) in [6, 6.07) is 6.98. The molecular weight excluding hydrogens is 215 g/mol. The second kappa shape index (κ2) is 4.75. The maximum atomic E-state index is 12.9. The highest BCUT2D eigenvalue weighted by Gasteiger charge is 2.35. The van der Waals surface area contributed by atoms with Crippen LogP contribution in [0.3, 0.4) is 0 Å². The topological polar surface area (TPSA) is 38.0 Å². The molecule has 1 atom stereocenters. The third kappa shape index (κ3) is 2.85. The lowest BCUT2D eigenvalue weighted by Crippen LogP contribution is -2.48. The van der Waals surface area contributed by atoms with Gasteiger partial charge in [-0.3, -0.25) is 11.3 Å². The van der Waals surface area contributed by atoms with Gasteiger partial charge < -0.3 is 0 Å². The lowest BCUT2D eigenvalue weighted by Gasteiger charge is -2.34. The maximum Gasteiger partial charge on any atom is 0.123 e. The number of benzene rings is 1. The molecule has 1 aromatic carbocycles. The van der Waals surface area contributed by atoms with Gasteiger partial charge in [-0.1, -0.05) is 38.8 Å². The molecule has 3 heteroatoms. The summed E-state index contributed by atoms with van der Waals surface area (Å²) < 4.78 is 12.9. The summed E-state index contributed by atoms with van der Waals surface area (Å²) >= 11 is 0. The Kier molecular flexibility index (Phi) is 3.50. The van der Waals surface area contributed by atoms with Gasteiger partial charge in [0.2, 0.25) is 0 Å². The van der Waals surface area contributed by atoms with E-state index in [1.165, 1.54) is 25.0 Å². The SMILES string of the molecule is CC(C)(c1ccc(F)cc1)C(CC1CC1)NN. The van der Waals surface area contributed by atoms with Crippen LogP contribution in [-0.4, -0.2) is 6.04 Å². The average Bonchev–Trinajstić information content (AvgIpc) is 3.10. The molecule has 0 heterocycles. The average molecular weight is 236 g/mol. The van der Waals surface area contributed by atoms with E-state index >= 15 is 0 Å². The zero-order valence-electron chi connectivity index (χ0n) is 10.5. The van der Waals surface area contributed by atoms with Gasteiger partial charge in [0, 0.05) is 11.5 Å². The van der Waals surface area contributed by atoms with Crippen molar-refractivity contribution in [3.05, 3.63) is 35.6 Å². The zero-order valence-corrected chi connectivity index (χ0v) is 10.5. The predicted molar refractivity (Wildman–Crippen MR) is 67.9 cm³/mol. The molecule has 1 aromatic rings. The fourth-order valence-corrected chi connectivity index (χ4v) is 2.34. The third-order valence-electron chi connectivity index (χ3n) is 3.93. The van der Waals surface area contributed by atoms with Crippen molar-refractivity contribution >= 4 is 0 Å². The standard InChI is InChI=1S/C14H21FN2/c1-14(2,11-5-7-12(15)8-6-11)13(17-16)9-10-3-4-10/h5-8,10,13,17H,3-4,9,16H2,1-2H3. The molecule has 0 aliphatic heterocycles. The van der Waals surface area contributed by atoms with Gasteiger partial charge in [0.05, 0.1) is 0 Å². The van der Waals surface area contributed by atoms with E-state index in [9.17, 15) is 4.39 Å². The smallest absolute Gasteiger partial charge is 0.123 e. The molecule has 2 nitrogen and oxygen atoms in total. The van der Waals surface area contributed by atoms with E-state index < -0.39 is 0 Å². The monoisotopic (exact) mass is 236 g/mol. The molecule has 0 amide bonds. The van der Waals surface area contributed by atoms with E-state index in [0.717, 1.165) is 17.9 Å². The van der Waals surface area contributed by atoms with Crippen LogP contribution < -0.4 is 11.3 Å². The predicted octanol–water partition coefficient (Wildman–Crippen LogP) is 2.74. The highest BCUT2D eigenvalue weighted by molar-refractivity contribution is 5.26. The summed E-state index contributed by atoms with van der Waals surface area (Å²) in [7, 11) is 0. The largest absolute Gasteiger partial charge is 0.271 e. The molecule has 1 saturated carbocycles. The maximum absolute atomic E-state index is 12.9. The molecular formula is C14H21FN2. The van der Waals surface area contributed by atoms with E-state index in [2.05, 4.69) is 19.3 Å². The van der Waals surface area contributed by atoms with Gasteiger partial charge in [0.25, 0.3) is 0 Å². The third-order valence-corrected chi connectivity index (χ3v) is 3.93. The van der Waals surface area contributed by atoms with Crippen molar-refractivity contribution in [2.24, 2.45) is 11.8 Å². The summed E-state index contributed by atoms with van der Waals surface area (Å²) in [5.74, 6) is 6.30. The van der Waals surface area contributed by atoms with E-state index in [4.69, 9.17) is 5.84 Å². The van der Waals surface area contributed by atoms with Gasteiger partial charge in [-0.05, 0) is 30.0 Å². The first-order valence-corrected chi connectivity index (χ1v) is 6.26. The minimum absolute atomic E-state index is 0.0783. The molecule has 1 aliphatic rings. The van der Waals surface area contributed by atoms with Crippen molar-refractivity contribution in [3.8, 4) is 0 Å². The van der Waals surface area contributed by atoms with Gasteiger partial charge in [0.15, 0.2) is 0 Å². The first kappa shape index (κ1) is 12.5. The lowest BCUT2D eigenvalue weighted by atomic mass is 9.76. The Bertz CT molecular complexity index is 368. The molecule has 3 N–H and O–H groups in total. The number of nitrogens with one attached hydrogen (secondary N) is 1. The van der Waals surface area contributed by atoms with Crippen molar-refractivity contribution in [1.82, 2.24) is 5.43 Å². The van der Waals surface area contributed by atoms with Crippen molar-refractivity contribution in [2.45, 2.75) is 44.6 Å². The molecule has 1 fully saturated rings. The molecule has 0 aromatic heterocycles. The number of halogens is 1. The van der Waals surface area contributed by atoms with Crippen LogP contribution in [0, 0.1) is 11.7 Å². The van der Waals surface area contributed by atoms with E-state index in [1.807, 2.05) is 12.1 Å². The summed E-state index contributed by atoms with van der Waals surface area (Å²) in [5, 5.41) is 0. The fourth-order valence-electron chi connectivity index (χ4n) is 2.34. The summed E-state index contributed by atoms with van der Waals surface area (Å²) in [6.07, 6.45) is 3.73.